The van der Waals surface area contributed by atoms with Gasteiger partial charge in [0.2, 0.25) is 0 Å². The second kappa shape index (κ2) is 4.25. The quantitative estimate of drug-likeness (QED) is 0.896. The fourth-order valence-corrected chi connectivity index (χ4v) is 1.76. The summed E-state index contributed by atoms with van der Waals surface area (Å²) in [6.07, 6.45) is 1.38. The van der Waals surface area contributed by atoms with E-state index in [9.17, 15) is 9.90 Å². The van der Waals surface area contributed by atoms with E-state index in [0.29, 0.717) is 22.3 Å². The summed E-state index contributed by atoms with van der Waals surface area (Å²) < 4.78 is 5.15. The van der Waals surface area contributed by atoms with Crippen LogP contribution in [0.5, 0.6) is 5.75 Å². The molecule has 1 heterocycles. The van der Waals surface area contributed by atoms with Crippen LogP contribution in [0.4, 0.5) is 0 Å². The number of aliphatic carboxylic acids is 1. The molecule has 94 valence electrons. The minimum Gasteiger partial charge on any atom is -0.497 e. The van der Waals surface area contributed by atoms with Gasteiger partial charge >= 0.3 is 5.97 Å². The first kappa shape index (κ1) is 12.3. The molecule has 1 aromatic carbocycles. The lowest BCUT2D eigenvalue weighted by Gasteiger charge is -2.20. The first-order chi connectivity index (χ1) is 8.46. The summed E-state index contributed by atoms with van der Waals surface area (Å²) in [5.41, 5.74) is 0.113. The van der Waals surface area contributed by atoms with Gasteiger partial charge in [0, 0.05) is 5.39 Å². The third kappa shape index (κ3) is 1.88. The third-order valence-electron chi connectivity index (χ3n) is 2.97. The van der Waals surface area contributed by atoms with Crippen molar-refractivity contribution in [1.29, 1.82) is 0 Å². The summed E-state index contributed by atoms with van der Waals surface area (Å²) in [6.45, 7) is 3.24. The largest absolute Gasteiger partial charge is 0.497 e. The normalized spacial score (nSPS) is 11.5. The molecule has 5 nitrogen and oxygen atoms in total. The van der Waals surface area contributed by atoms with Crippen LogP contribution in [0.3, 0.4) is 0 Å². The smallest absolute Gasteiger partial charge is 0.315 e. The molecule has 0 radical (unpaired) electrons. The van der Waals surface area contributed by atoms with Gasteiger partial charge in [0.15, 0.2) is 0 Å². The van der Waals surface area contributed by atoms with Crippen molar-refractivity contribution in [1.82, 2.24) is 9.97 Å². The van der Waals surface area contributed by atoms with E-state index in [-0.39, 0.29) is 0 Å². The maximum atomic E-state index is 11.3. The third-order valence-corrected chi connectivity index (χ3v) is 2.97. The SMILES string of the molecule is COc1ccc2ncnc(C(C)(C)C(=O)O)c2c1. The maximum absolute atomic E-state index is 11.3. The molecule has 1 aromatic heterocycles. The van der Waals surface area contributed by atoms with E-state index in [4.69, 9.17) is 4.74 Å². The Kier molecular flexibility index (Phi) is 2.90. The number of fused-ring (bicyclic) bond motifs is 1. The second-order valence-electron chi connectivity index (χ2n) is 4.54. The van der Waals surface area contributed by atoms with Crippen molar-refractivity contribution in [3.63, 3.8) is 0 Å². The molecular formula is C13H14N2O3. The molecule has 0 spiro atoms. The zero-order valence-corrected chi connectivity index (χ0v) is 10.5. The van der Waals surface area contributed by atoms with Gasteiger partial charge < -0.3 is 9.84 Å². The van der Waals surface area contributed by atoms with Crippen LogP contribution in [0, 0.1) is 0 Å². The van der Waals surface area contributed by atoms with Crippen LogP contribution in [0.15, 0.2) is 24.5 Å². The van der Waals surface area contributed by atoms with Gasteiger partial charge in [-0.1, -0.05) is 0 Å². The molecule has 18 heavy (non-hydrogen) atoms. The molecule has 5 heteroatoms. The predicted octanol–water partition coefficient (Wildman–Crippen LogP) is 2.00. The minimum absolute atomic E-state index is 0.485. The molecule has 1 N–H and O–H groups in total. The zero-order valence-electron chi connectivity index (χ0n) is 10.5. The fourth-order valence-electron chi connectivity index (χ4n) is 1.76. The van der Waals surface area contributed by atoms with Crippen LogP contribution in [-0.2, 0) is 10.2 Å². The Bertz CT molecular complexity index is 608. The molecule has 2 rings (SSSR count). The van der Waals surface area contributed by atoms with E-state index in [1.54, 1.807) is 39.2 Å². The average molecular weight is 246 g/mol. The van der Waals surface area contributed by atoms with Crippen molar-refractivity contribution in [2.45, 2.75) is 19.3 Å². The summed E-state index contributed by atoms with van der Waals surface area (Å²) in [5, 5.41) is 9.99. The highest BCUT2D eigenvalue weighted by Crippen LogP contribution is 2.29. The Labute approximate surface area is 104 Å². The van der Waals surface area contributed by atoms with E-state index in [1.807, 2.05) is 0 Å². The number of ether oxygens (including phenoxy) is 1. The standard InChI is InChI=1S/C13H14N2O3/c1-13(2,12(16)17)11-9-6-8(18-3)4-5-10(9)14-7-15-11/h4-7H,1-3H3,(H,16,17). The van der Waals surface area contributed by atoms with Crippen LogP contribution < -0.4 is 4.74 Å². The number of carbonyl (C=O) groups is 1. The molecule has 0 fully saturated rings. The summed E-state index contributed by atoms with van der Waals surface area (Å²) in [5.74, 6) is -0.273. The molecule has 0 unspecified atom stereocenters. The monoisotopic (exact) mass is 246 g/mol. The van der Waals surface area contributed by atoms with Crippen LogP contribution in [0.1, 0.15) is 19.5 Å². The van der Waals surface area contributed by atoms with Crippen molar-refractivity contribution in [3.05, 3.63) is 30.2 Å². The van der Waals surface area contributed by atoms with E-state index in [1.165, 1.54) is 6.33 Å². The molecular weight excluding hydrogens is 232 g/mol. The van der Waals surface area contributed by atoms with Gasteiger partial charge in [-0.15, -0.1) is 0 Å². The molecule has 0 atom stereocenters. The Morgan fingerprint density at radius 1 is 1.33 bits per heavy atom. The first-order valence-electron chi connectivity index (χ1n) is 5.49. The lowest BCUT2D eigenvalue weighted by atomic mass is 9.87. The minimum atomic E-state index is -1.08. The zero-order chi connectivity index (χ0) is 13.3. The van der Waals surface area contributed by atoms with E-state index in [0.717, 1.165) is 0 Å². The number of carboxylic acids is 1. The average Bonchev–Trinajstić information content (AvgIpc) is 2.37. The molecule has 0 amide bonds. The first-order valence-corrected chi connectivity index (χ1v) is 5.49. The van der Waals surface area contributed by atoms with Crippen molar-refractivity contribution < 1.29 is 14.6 Å². The second-order valence-corrected chi connectivity index (χ2v) is 4.54. The van der Waals surface area contributed by atoms with Crippen LogP contribution in [-0.4, -0.2) is 28.2 Å². The lowest BCUT2D eigenvalue weighted by Crippen LogP contribution is -2.30. The number of carboxylic acid groups (broad SMARTS) is 1. The van der Waals surface area contributed by atoms with Crippen LogP contribution in [0.2, 0.25) is 0 Å². The van der Waals surface area contributed by atoms with Gasteiger partial charge in [-0.2, -0.15) is 0 Å². The Balaban J connectivity index is 2.74. The van der Waals surface area contributed by atoms with Crippen molar-refractivity contribution in [2.75, 3.05) is 7.11 Å². The summed E-state index contributed by atoms with van der Waals surface area (Å²) in [6, 6.07) is 5.33. The number of rotatable bonds is 3. The van der Waals surface area contributed by atoms with Gasteiger partial charge in [0.25, 0.3) is 0 Å². The topological polar surface area (TPSA) is 72.3 Å². The van der Waals surface area contributed by atoms with Crippen LogP contribution in [0.25, 0.3) is 10.9 Å². The van der Waals surface area contributed by atoms with Gasteiger partial charge in [-0.25, -0.2) is 9.97 Å². The van der Waals surface area contributed by atoms with Gasteiger partial charge in [-0.3, -0.25) is 4.79 Å². The molecule has 0 aliphatic rings. The van der Waals surface area contributed by atoms with E-state index < -0.39 is 11.4 Å². The van der Waals surface area contributed by atoms with Gasteiger partial charge in [0.1, 0.15) is 17.5 Å². The maximum Gasteiger partial charge on any atom is 0.315 e. The van der Waals surface area contributed by atoms with Gasteiger partial charge in [0.05, 0.1) is 18.3 Å². The van der Waals surface area contributed by atoms with Crippen molar-refractivity contribution in [2.24, 2.45) is 0 Å². The Morgan fingerprint density at radius 3 is 2.67 bits per heavy atom. The molecule has 2 aromatic rings. The summed E-state index contributed by atoms with van der Waals surface area (Å²) >= 11 is 0. The van der Waals surface area contributed by atoms with E-state index >= 15 is 0 Å². The highest BCUT2D eigenvalue weighted by molar-refractivity contribution is 5.90. The molecule has 0 aliphatic heterocycles. The van der Waals surface area contributed by atoms with Crippen LogP contribution >= 0.6 is 0 Å². The number of nitrogens with zero attached hydrogens (tertiary/aromatic N) is 2. The highest BCUT2D eigenvalue weighted by Gasteiger charge is 2.32. The molecule has 0 saturated carbocycles. The van der Waals surface area contributed by atoms with Crippen molar-refractivity contribution in [3.8, 4) is 5.75 Å². The Morgan fingerprint density at radius 2 is 2.06 bits per heavy atom. The number of aromatic nitrogens is 2. The Hall–Kier alpha value is -2.17. The lowest BCUT2D eigenvalue weighted by molar-refractivity contribution is -0.142. The highest BCUT2D eigenvalue weighted by atomic mass is 16.5. The van der Waals surface area contributed by atoms with Crippen molar-refractivity contribution >= 4 is 16.9 Å². The predicted molar refractivity (Wildman–Crippen MR) is 66.8 cm³/mol. The van der Waals surface area contributed by atoms with E-state index in [2.05, 4.69) is 9.97 Å². The fraction of sp³-hybridized carbons (Fsp3) is 0.308. The number of methoxy groups -OCH3 is 1. The molecule has 0 bridgehead atoms. The molecule has 0 saturated heterocycles. The number of hydrogen-bond donors (Lipinski definition) is 1. The molecule has 0 aliphatic carbocycles. The number of benzene rings is 1. The summed E-state index contributed by atoms with van der Waals surface area (Å²) in [4.78, 5) is 19.6. The number of hydrogen-bond acceptors (Lipinski definition) is 4. The van der Waals surface area contributed by atoms with Gasteiger partial charge in [-0.05, 0) is 32.0 Å². The summed E-state index contributed by atoms with van der Waals surface area (Å²) in [7, 11) is 1.56.